The standard InChI is InChI=1S/C8H9N3O3/c1-11(14)10-9-7-4-2-3-6(5-7)8(12)13/h2-5,9H,1H3,(H,12,13). The number of hydrogen-bond donors (Lipinski definition) is 2. The zero-order valence-electron chi connectivity index (χ0n) is 7.47. The van der Waals surface area contributed by atoms with Gasteiger partial charge in [-0.15, -0.1) is 5.43 Å². The summed E-state index contributed by atoms with van der Waals surface area (Å²) in [5.41, 5.74) is 3.00. The van der Waals surface area contributed by atoms with Crippen molar-refractivity contribution < 1.29 is 14.8 Å². The summed E-state index contributed by atoms with van der Waals surface area (Å²) < 4.78 is 0. The third kappa shape index (κ3) is 2.74. The lowest BCUT2D eigenvalue weighted by Crippen LogP contribution is -1.99. The van der Waals surface area contributed by atoms with E-state index >= 15 is 0 Å². The van der Waals surface area contributed by atoms with E-state index in [2.05, 4.69) is 10.6 Å². The Hall–Kier alpha value is -2.11. The van der Waals surface area contributed by atoms with E-state index in [4.69, 9.17) is 5.11 Å². The first kappa shape index (κ1) is 9.97. The van der Waals surface area contributed by atoms with E-state index in [9.17, 15) is 10.0 Å². The maximum Gasteiger partial charge on any atom is 0.335 e. The summed E-state index contributed by atoms with van der Waals surface area (Å²) in [4.78, 5) is 10.9. The fraction of sp³-hybridized carbons (Fsp3) is 0.125. The number of carboxylic acids is 1. The normalized spacial score (nSPS) is 11.1. The number of anilines is 1. The van der Waals surface area contributed by atoms with Gasteiger partial charge in [-0.3, -0.25) is 0 Å². The minimum Gasteiger partial charge on any atom is -0.696 e. The molecule has 74 valence electrons. The van der Waals surface area contributed by atoms with E-state index in [1.165, 1.54) is 19.2 Å². The summed E-state index contributed by atoms with van der Waals surface area (Å²) in [5.74, 6) is -1.02. The molecule has 0 aromatic heterocycles. The number of carbonyl (C=O) groups is 1. The molecular formula is C8H9N3O3. The van der Waals surface area contributed by atoms with Crippen LogP contribution >= 0.6 is 0 Å². The zero-order valence-corrected chi connectivity index (χ0v) is 7.47. The number of rotatable bonds is 3. The molecule has 0 bridgehead atoms. The number of nitrogens with zero attached hydrogens (tertiary/aromatic N) is 2. The molecule has 0 amide bonds. The minimum absolute atomic E-state index is 0.138. The fourth-order valence-electron chi connectivity index (χ4n) is 0.850. The van der Waals surface area contributed by atoms with E-state index in [0.717, 1.165) is 0 Å². The lowest BCUT2D eigenvalue weighted by Gasteiger charge is -1.98. The second-order valence-corrected chi connectivity index (χ2v) is 2.56. The lowest BCUT2D eigenvalue weighted by atomic mass is 10.2. The number of hydrogen-bond acceptors (Lipinski definition) is 3. The molecule has 0 saturated heterocycles. The highest BCUT2D eigenvalue weighted by Gasteiger charge is 2.04. The van der Waals surface area contributed by atoms with Crippen molar-refractivity contribution in [2.75, 3.05) is 12.5 Å². The third-order valence-electron chi connectivity index (χ3n) is 1.43. The molecule has 0 unspecified atom stereocenters. The summed E-state index contributed by atoms with van der Waals surface area (Å²) >= 11 is 0. The van der Waals surface area contributed by atoms with Crippen LogP contribution < -0.4 is 5.43 Å². The van der Waals surface area contributed by atoms with Crippen molar-refractivity contribution in [2.24, 2.45) is 5.22 Å². The molecule has 0 saturated carbocycles. The first-order valence-electron chi connectivity index (χ1n) is 3.80. The topological polar surface area (TPSA) is 87.8 Å². The van der Waals surface area contributed by atoms with Crippen LogP contribution in [-0.4, -0.2) is 23.0 Å². The smallest absolute Gasteiger partial charge is 0.335 e. The largest absolute Gasteiger partial charge is 0.696 e. The highest BCUT2D eigenvalue weighted by Crippen LogP contribution is 2.10. The minimum atomic E-state index is -1.02. The number of nitrogens with one attached hydrogen (secondary N) is 1. The SMILES string of the molecule is C[N+]([O-])=NNc1cccc(C(=O)O)c1. The molecule has 1 rings (SSSR count). The van der Waals surface area contributed by atoms with Crippen LogP contribution in [-0.2, 0) is 0 Å². The Labute approximate surface area is 80.0 Å². The van der Waals surface area contributed by atoms with E-state index in [-0.39, 0.29) is 5.56 Å². The van der Waals surface area contributed by atoms with Crippen LogP contribution in [0.15, 0.2) is 29.5 Å². The highest BCUT2D eigenvalue weighted by molar-refractivity contribution is 5.88. The van der Waals surface area contributed by atoms with E-state index in [1.54, 1.807) is 12.1 Å². The van der Waals surface area contributed by atoms with E-state index in [0.29, 0.717) is 10.5 Å². The first-order chi connectivity index (χ1) is 6.59. The summed E-state index contributed by atoms with van der Waals surface area (Å²) in [6, 6.07) is 6.01. The molecule has 0 atom stereocenters. The average molecular weight is 195 g/mol. The number of aromatic carboxylic acids is 1. The van der Waals surface area contributed by atoms with Crippen LogP contribution in [0.25, 0.3) is 0 Å². The molecule has 1 aromatic carbocycles. The molecule has 2 N–H and O–H groups in total. The third-order valence-corrected chi connectivity index (χ3v) is 1.43. The molecule has 1 aromatic rings. The van der Waals surface area contributed by atoms with Crippen molar-refractivity contribution in [2.45, 2.75) is 0 Å². The number of benzene rings is 1. The van der Waals surface area contributed by atoms with E-state index < -0.39 is 5.97 Å². The first-order valence-corrected chi connectivity index (χ1v) is 3.80. The summed E-state index contributed by atoms with van der Waals surface area (Å²) in [6.45, 7) is 0. The number of hydroxylamine groups is 1. The quantitative estimate of drug-likeness (QED) is 0.432. The second kappa shape index (κ2) is 4.22. The van der Waals surface area contributed by atoms with Gasteiger partial charge < -0.3 is 10.3 Å². The Balaban J connectivity index is 2.84. The Bertz CT molecular complexity index is 372. The summed E-state index contributed by atoms with van der Waals surface area (Å²) in [5, 5.41) is 22.4. The van der Waals surface area contributed by atoms with Gasteiger partial charge >= 0.3 is 5.97 Å². The Kier molecular flexibility index (Phi) is 3.01. The van der Waals surface area contributed by atoms with Gasteiger partial charge in [0.2, 0.25) is 0 Å². The van der Waals surface area contributed by atoms with Gasteiger partial charge in [-0.1, -0.05) is 6.07 Å². The monoisotopic (exact) mass is 195 g/mol. The van der Waals surface area contributed by atoms with Crippen molar-refractivity contribution in [3.8, 4) is 0 Å². The van der Waals surface area contributed by atoms with Crippen LogP contribution in [0.2, 0.25) is 0 Å². The molecule has 0 aliphatic heterocycles. The van der Waals surface area contributed by atoms with Gasteiger partial charge in [-0.2, -0.15) is 4.86 Å². The maximum absolute atomic E-state index is 10.6. The Morgan fingerprint density at radius 2 is 2.36 bits per heavy atom. The Morgan fingerprint density at radius 1 is 1.64 bits per heavy atom. The maximum atomic E-state index is 10.6. The summed E-state index contributed by atoms with van der Waals surface area (Å²) in [7, 11) is 1.22. The van der Waals surface area contributed by atoms with Crippen LogP contribution in [0.1, 0.15) is 10.4 Å². The van der Waals surface area contributed by atoms with Gasteiger partial charge in [0.05, 0.1) is 10.8 Å². The number of carboxylic acid groups (broad SMARTS) is 1. The molecule has 0 aliphatic rings. The van der Waals surface area contributed by atoms with Crippen LogP contribution in [0.3, 0.4) is 0 Å². The van der Waals surface area contributed by atoms with Crippen molar-refractivity contribution in [3.05, 3.63) is 35.0 Å². The zero-order chi connectivity index (χ0) is 10.6. The van der Waals surface area contributed by atoms with Gasteiger partial charge in [0.15, 0.2) is 0 Å². The molecule has 0 heterocycles. The Morgan fingerprint density at radius 3 is 2.93 bits per heavy atom. The molecule has 0 radical (unpaired) electrons. The van der Waals surface area contributed by atoms with Crippen LogP contribution in [0.5, 0.6) is 0 Å². The molecule has 0 fully saturated rings. The van der Waals surface area contributed by atoms with Crippen molar-refractivity contribution in [1.29, 1.82) is 0 Å². The molecule has 6 nitrogen and oxygen atoms in total. The van der Waals surface area contributed by atoms with Gasteiger partial charge in [0.1, 0.15) is 12.7 Å². The molecule has 6 heteroatoms. The van der Waals surface area contributed by atoms with Crippen molar-refractivity contribution >= 4 is 11.7 Å². The molecule has 0 spiro atoms. The predicted octanol–water partition coefficient (Wildman–Crippen LogP) is 1.30. The van der Waals surface area contributed by atoms with Gasteiger partial charge in [-0.25, -0.2) is 4.79 Å². The van der Waals surface area contributed by atoms with Gasteiger partial charge in [0, 0.05) is 6.07 Å². The summed E-state index contributed by atoms with van der Waals surface area (Å²) in [6.07, 6.45) is 0. The van der Waals surface area contributed by atoms with Crippen molar-refractivity contribution in [3.63, 3.8) is 0 Å². The fourth-order valence-corrected chi connectivity index (χ4v) is 0.850. The second-order valence-electron chi connectivity index (χ2n) is 2.56. The highest BCUT2D eigenvalue weighted by atomic mass is 16.5. The van der Waals surface area contributed by atoms with Gasteiger partial charge in [-0.05, 0) is 12.1 Å². The van der Waals surface area contributed by atoms with Crippen LogP contribution in [0, 0.1) is 5.21 Å². The predicted molar refractivity (Wildman–Crippen MR) is 49.0 cm³/mol. The van der Waals surface area contributed by atoms with Crippen LogP contribution in [0.4, 0.5) is 5.69 Å². The molecule has 14 heavy (non-hydrogen) atoms. The van der Waals surface area contributed by atoms with Crippen molar-refractivity contribution in [1.82, 2.24) is 0 Å². The lowest BCUT2D eigenvalue weighted by molar-refractivity contribution is -0.497. The van der Waals surface area contributed by atoms with Gasteiger partial charge in [0.25, 0.3) is 0 Å². The van der Waals surface area contributed by atoms with E-state index in [1.807, 2.05) is 0 Å². The molecular weight excluding hydrogens is 186 g/mol. The average Bonchev–Trinajstić information content (AvgIpc) is 2.15. The molecule has 0 aliphatic carbocycles.